The maximum atomic E-state index is 11.7. The third-order valence-corrected chi connectivity index (χ3v) is 3.33. The second kappa shape index (κ2) is 6.54. The van der Waals surface area contributed by atoms with E-state index in [1.54, 1.807) is 13.8 Å². The van der Waals surface area contributed by atoms with Crippen LogP contribution in [0.1, 0.15) is 19.4 Å². The zero-order valence-corrected chi connectivity index (χ0v) is 11.9. The fourth-order valence-electron chi connectivity index (χ4n) is 1.43. The van der Waals surface area contributed by atoms with E-state index in [-0.39, 0.29) is 18.4 Å². The predicted molar refractivity (Wildman–Crippen MR) is 72.3 cm³/mol. The summed E-state index contributed by atoms with van der Waals surface area (Å²) in [6, 6.07) is 7.06. The number of hydrogen-bond donors (Lipinski definition) is 2. The van der Waals surface area contributed by atoms with Gasteiger partial charge >= 0.3 is 5.97 Å². The van der Waals surface area contributed by atoms with Gasteiger partial charge in [0.2, 0.25) is 5.91 Å². The second-order valence-corrected chi connectivity index (χ2v) is 5.20. The molecule has 98 valence electrons. The van der Waals surface area contributed by atoms with Crippen molar-refractivity contribution in [2.24, 2.45) is 5.92 Å². The van der Waals surface area contributed by atoms with Gasteiger partial charge in [-0.2, -0.15) is 0 Å². The van der Waals surface area contributed by atoms with Crippen LogP contribution in [0.25, 0.3) is 0 Å². The Hall–Kier alpha value is -1.36. The molecule has 1 aromatic rings. The lowest BCUT2D eigenvalue weighted by atomic mass is 10.0. The number of aliphatic carboxylic acids is 1. The number of hydrogen-bond acceptors (Lipinski definition) is 2. The summed E-state index contributed by atoms with van der Waals surface area (Å²) in [5.41, 5.74) is 0.894. The molecule has 5 heteroatoms. The Kier molecular flexibility index (Phi) is 5.34. The lowest BCUT2D eigenvalue weighted by molar-refractivity contribution is -0.142. The Bertz CT molecular complexity index is 430. The second-order valence-electron chi connectivity index (χ2n) is 4.29. The summed E-state index contributed by atoms with van der Waals surface area (Å²) in [7, 11) is 0. The van der Waals surface area contributed by atoms with Gasteiger partial charge in [-0.25, -0.2) is 0 Å². The van der Waals surface area contributed by atoms with E-state index < -0.39 is 11.9 Å². The monoisotopic (exact) mass is 313 g/mol. The van der Waals surface area contributed by atoms with Crippen molar-refractivity contribution in [2.75, 3.05) is 0 Å². The molecule has 0 aliphatic rings. The molecule has 18 heavy (non-hydrogen) atoms. The van der Waals surface area contributed by atoms with E-state index in [9.17, 15) is 9.59 Å². The zero-order chi connectivity index (χ0) is 13.7. The summed E-state index contributed by atoms with van der Waals surface area (Å²) < 4.78 is 0.958. The first kappa shape index (κ1) is 14.7. The minimum absolute atomic E-state index is 0.169. The van der Waals surface area contributed by atoms with E-state index in [1.807, 2.05) is 24.3 Å². The number of carbonyl (C=O) groups is 2. The molecule has 0 radical (unpaired) electrons. The van der Waals surface area contributed by atoms with Gasteiger partial charge in [0.25, 0.3) is 0 Å². The highest BCUT2D eigenvalue weighted by Crippen LogP contribution is 2.11. The van der Waals surface area contributed by atoms with E-state index in [4.69, 9.17) is 5.11 Å². The standard InChI is InChI=1S/C13H16BrNO3/c1-8(13(17)18)9(2)15-12(16)7-10-3-5-11(14)6-4-10/h3-6,8-9H,7H2,1-2H3,(H,15,16)(H,17,18). The molecule has 2 atom stereocenters. The highest BCUT2D eigenvalue weighted by molar-refractivity contribution is 9.10. The summed E-state index contributed by atoms with van der Waals surface area (Å²) in [6.07, 6.45) is 0.254. The van der Waals surface area contributed by atoms with Crippen LogP contribution >= 0.6 is 15.9 Å². The number of nitrogens with one attached hydrogen (secondary N) is 1. The average Bonchev–Trinajstić information content (AvgIpc) is 2.30. The van der Waals surface area contributed by atoms with E-state index >= 15 is 0 Å². The molecule has 4 nitrogen and oxygen atoms in total. The molecule has 0 aliphatic carbocycles. The van der Waals surface area contributed by atoms with Gasteiger partial charge in [0.05, 0.1) is 12.3 Å². The molecule has 0 fully saturated rings. The highest BCUT2D eigenvalue weighted by atomic mass is 79.9. The number of rotatable bonds is 5. The third kappa shape index (κ3) is 4.49. The summed E-state index contributed by atoms with van der Waals surface area (Å²) in [5.74, 6) is -1.68. The predicted octanol–water partition coefficient (Wildman–Crippen LogP) is 2.22. The highest BCUT2D eigenvalue weighted by Gasteiger charge is 2.20. The van der Waals surface area contributed by atoms with Gasteiger partial charge < -0.3 is 10.4 Å². The molecule has 0 spiro atoms. The average molecular weight is 314 g/mol. The Labute approximate surface area is 115 Å². The van der Waals surface area contributed by atoms with Crippen LogP contribution in [0, 0.1) is 5.92 Å². The first-order valence-electron chi connectivity index (χ1n) is 5.66. The van der Waals surface area contributed by atoms with Gasteiger partial charge in [-0.05, 0) is 31.5 Å². The first-order valence-corrected chi connectivity index (χ1v) is 6.46. The van der Waals surface area contributed by atoms with Gasteiger partial charge in [0.1, 0.15) is 0 Å². The summed E-state index contributed by atoms with van der Waals surface area (Å²) in [6.45, 7) is 3.27. The molecule has 1 rings (SSSR count). The van der Waals surface area contributed by atoms with Crippen molar-refractivity contribution in [2.45, 2.75) is 26.3 Å². The number of carboxylic acid groups (broad SMARTS) is 1. The summed E-state index contributed by atoms with van der Waals surface area (Å²) in [4.78, 5) is 22.5. The maximum absolute atomic E-state index is 11.7. The van der Waals surface area contributed by atoms with E-state index in [1.165, 1.54) is 0 Å². The van der Waals surface area contributed by atoms with Crippen molar-refractivity contribution in [1.29, 1.82) is 0 Å². The van der Waals surface area contributed by atoms with Crippen molar-refractivity contribution in [3.05, 3.63) is 34.3 Å². The van der Waals surface area contributed by atoms with E-state index in [0.29, 0.717) is 0 Å². The van der Waals surface area contributed by atoms with Crippen LogP contribution in [-0.2, 0) is 16.0 Å². The number of carbonyl (C=O) groups excluding carboxylic acids is 1. The van der Waals surface area contributed by atoms with E-state index in [0.717, 1.165) is 10.0 Å². The van der Waals surface area contributed by atoms with Crippen molar-refractivity contribution < 1.29 is 14.7 Å². The summed E-state index contributed by atoms with van der Waals surface area (Å²) in [5, 5.41) is 11.5. The van der Waals surface area contributed by atoms with Crippen molar-refractivity contribution in [3.63, 3.8) is 0 Å². The van der Waals surface area contributed by atoms with E-state index in [2.05, 4.69) is 21.2 Å². The van der Waals surface area contributed by atoms with Crippen LogP contribution in [0.5, 0.6) is 0 Å². The minimum atomic E-state index is -0.911. The number of carboxylic acids is 1. The lowest BCUT2D eigenvalue weighted by Gasteiger charge is -2.17. The topological polar surface area (TPSA) is 66.4 Å². The Balaban J connectivity index is 2.51. The lowest BCUT2D eigenvalue weighted by Crippen LogP contribution is -2.40. The smallest absolute Gasteiger partial charge is 0.308 e. The molecular formula is C13H16BrNO3. The van der Waals surface area contributed by atoms with Gasteiger partial charge in [0, 0.05) is 10.5 Å². The largest absolute Gasteiger partial charge is 0.481 e. The Morgan fingerprint density at radius 2 is 1.83 bits per heavy atom. The molecule has 0 heterocycles. The zero-order valence-electron chi connectivity index (χ0n) is 10.3. The maximum Gasteiger partial charge on any atom is 0.308 e. The quantitative estimate of drug-likeness (QED) is 0.876. The number of halogens is 1. The molecule has 2 unspecified atom stereocenters. The van der Waals surface area contributed by atoms with Crippen LogP contribution in [0.3, 0.4) is 0 Å². The molecule has 0 saturated heterocycles. The van der Waals surface area contributed by atoms with Crippen LogP contribution in [-0.4, -0.2) is 23.0 Å². The normalized spacial score (nSPS) is 13.7. The van der Waals surface area contributed by atoms with Crippen molar-refractivity contribution in [3.8, 4) is 0 Å². The SMILES string of the molecule is CC(NC(=O)Cc1ccc(Br)cc1)C(C)C(=O)O. The first-order chi connectivity index (χ1) is 8.40. The Morgan fingerprint density at radius 3 is 2.33 bits per heavy atom. The van der Waals surface area contributed by atoms with Crippen molar-refractivity contribution in [1.82, 2.24) is 5.32 Å². The minimum Gasteiger partial charge on any atom is -0.481 e. The van der Waals surface area contributed by atoms with Crippen LogP contribution < -0.4 is 5.32 Å². The molecule has 1 aromatic carbocycles. The molecule has 1 amide bonds. The van der Waals surface area contributed by atoms with Crippen molar-refractivity contribution >= 4 is 27.8 Å². The number of benzene rings is 1. The fourth-order valence-corrected chi connectivity index (χ4v) is 1.70. The molecule has 2 N–H and O–H groups in total. The summed E-state index contributed by atoms with van der Waals surface area (Å²) >= 11 is 3.32. The van der Waals surface area contributed by atoms with Crippen LogP contribution in [0.15, 0.2) is 28.7 Å². The molecular weight excluding hydrogens is 298 g/mol. The van der Waals surface area contributed by atoms with Gasteiger partial charge in [-0.1, -0.05) is 28.1 Å². The molecule has 0 bridgehead atoms. The van der Waals surface area contributed by atoms with Gasteiger partial charge in [0.15, 0.2) is 0 Å². The molecule has 0 saturated carbocycles. The third-order valence-electron chi connectivity index (χ3n) is 2.81. The van der Waals surface area contributed by atoms with Gasteiger partial charge in [-0.3, -0.25) is 9.59 Å². The molecule has 0 aliphatic heterocycles. The molecule has 0 aromatic heterocycles. The van der Waals surface area contributed by atoms with Gasteiger partial charge in [-0.15, -0.1) is 0 Å². The van der Waals surface area contributed by atoms with Crippen LogP contribution in [0.4, 0.5) is 0 Å². The fraction of sp³-hybridized carbons (Fsp3) is 0.385. The Morgan fingerprint density at radius 1 is 1.28 bits per heavy atom. The van der Waals surface area contributed by atoms with Crippen LogP contribution in [0.2, 0.25) is 0 Å². The number of amides is 1.